The molecule has 0 bridgehead atoms. The van der Waals surface area contributed by atoms with Crippen molar-refractivity contribution < 1.29 is 17.9 Å². The Kier molecular flexibility index (Phi) is 5.65. The zero-order valence-corrected chi connectivity index (χ0v) is 15.3. The normalized spacial score (nSPS) is 17.2. The maximum Gasteiger partial charge on any atom is 0.256 e. The minimum atomic E-state index is -3.71. The van der Waals surface area contributed by atoms with Crippen molar-refractivity contribution in [3.05, 3.63) is 53.7 Å². The van der Waals surface area contributed by atoms with E-state index in [1.165, 1.54) is 18.2 Å². The fraction of sp³-hybridized carbons (Fsp3) is 0.333. The van der Waals surface area contributed by atoms with Gasteiger partial charge in [-0.2, -0.15) is 0 Å². The van der Waals surface area contributed by atoms with E-state index in [0.29, 0.717) is 12.4 Å². The summed E-state index contributed by atoms with van der Waals surface area (Å²) in [4.78, 5) is 16.5. The number of nitrogens with one attached hydrogen (secondary N) is 2. The summed E-state index contributed by atoms with van der Waals surface area (Å²) in [5.74, 6) is -0.0112. The largest absolute Gasteiger partial charge is 0.377 e. The summed E-state index contributed by atoms with van der Waals surface area (Å²) in [5.41, 5.74) is 1.22. The number of hydrogen-bond acceptors (Lipinski definition) is 5. The number of rotatable bonds is 6. The molecule has 1 amide bonds. The molecule has 3 rings (SSSR count). The van der Waals surface area contributed by atoms with Gasteiger partial charge >= 0.3 is 0 Å². The molecule has 1 aliphatic heterocycles. The summed E-state index contributed by atoms with van der Waals surface area (Å²) < 4.78 is 32.9. The Balaban J connectivity index is 1.70. The lowest BCUT2D eigenvalue weighted by Crippen LogP contribution is -2.32. The van der Waals surface area contributed by atoms with E-state index < -0.39 is 15.9 Å². The number of carbonyl (C=O) groups is 1. The van der Waals surface area contributed by atoms with Crippen molar-refractivity contribution in [3.8, 4) is 0 Å². The lowest BCUT2D eigenvalue weighted by atomic mass is 10.2. The Morgan fingerprint density at radius 3 is 2.85 bits per heavy atom. The first-order valence-electron chi connectivity index (χ1n) is 8.39. The van der Waals surface area contributed by atoms with Gasteiger partial charge in [0.15, 0.2) is 0 Å². The third kappa shape index (κ3) is 4.66. The molecule has 2 heterocycles. The van der Waals surface area contributed by atoms with E-state index in [1.807, 2.05) is 13.0 Å². The maximum atomic E-state index is 12.4. The Hall–Kier alpha value is -2.29. The van der Waals surface area contributed by atoms with Crippen LogP contribution in [0.5, 0.6) is 0 Å². The number of anilines is 1. The summed E-state index contributed by atoms with van der Waals surface area (Å²) >= 11 is 0. The molecule has 1 saturated heterocycles. The highest BCUT2D eigenvalue weighted by Gasteiger charge is 2.21. The number of carbonyl (C=O) groups excluding carboxylic acids is 1. The molecule has 7 nitrogen and oxygen atoms in total. The van der Waals surface area contributed by atoms with E-state index in [0.717, 1.165) is 18.4 Å². The second-order valence-corrected chi connectivity index (χ2v) is 7.96. The van der Waals surface area contributed by atoms with Gasteiger partial charge in [-0.25, -0.2) is 18.1 Å². The van der Waals surface area contributed by atoms with Crippen LogP contribution >= 0.6 is 0 Å². The Morgan fingerprint density at radius 1 is 1.31 bits per heavy atom. The van der Waals surface area contributed by atoms with Gasteiger partial charge in [-0.3, -0.25) is 4.79 Å². The van der Waals surface area contributed by atoms with Gasteiger partial charge in [0.2, 0.25) is 10.0 Å². The standard InChI is InChI=1S/C18H21N3O4S/c1-13-7-8-17(19-11-13)21-18(22)14-4-2-6-16(10-14)26(23,24)20-12-15-5-3-9-25-15/h2,4,6-8,10-11,15,20H,3,5,9,12H2,1H3,(H,19,21,22). The monoisotopic (exact) mass is 375 g/mol. The van der Waals surface area contributed by atoms with Crippen molar-refractivity contribution in [1.29, 1.82) is 0 Å². The number of ether oxygens (including phenoxy) is 1. The maximum absolute atomic E-state index is 12.4. The van der Waals surface area contributed by atoms with Crippen LogP contribution in [0.25, 0.3) is 0 Å². The van der Waals surface area contributed by atoms with E-state index in [-0.39, 0.29) is 23.1 Å². The molecule has 26 heavy (non-hydrogen) atoms. The van der Waals surface area contributed by atoms with Gasteiger partial charge in [0, 0.05) is 24.9 Å². The first-order chi connectivity index (χ1) is 12.4. The van der Waals surface area contributed by atoms with Gasteiger partial charge in [-0.15, -0.1) is 0 Å². The molecule has 1 aliphatic rings. The van der Waals surface area contributed by atoms with E-state index >= 15 is 0 Å². The van der Waals surface area contributed by atoms with Crippen molar-refractivity contribution >= 4 is 21.7 Å². The topological polar surface area (TPSA) is 97.4 Å². The van der Waals surface area contributed by atoms with E-state index in [9.17, 15) is 13.2 Å². The number of pyridine rings is 1. The molecule has 0 radical (unpaired) electrons. The Bertz CT molecular complexity index is 876. The minimum Gasteiger partial charge on any atom is -0.377 e. The third-order valence-corrected chi connectivity index (χ3v) is 5.51. The highest BCUT2D eigenvalue weighted by molar-refractivity contribution is 7.89. The summed E-state index contributed by atoms with van der Waals surface area (Å²) in [6.45, 7) is 2.79. The summed E-state index contributed by atoms with van der Waals surface area (Å²) in [6, 6.07) is 9.43. The highest BCUT2D eigenvalue weighted by atomic mass is 32.2. The molecule has 0 aliphatic carbocycles. The van der Waals surface area contributed by atoms with E-state index in [1.54, 1.807) is 18.3 Å². The quantitative estimate of drug-likeness (QED) is 0.806. The van der Waals surface area contributed by atoms with Crippen molar-refractivity contribution in [1.82, 2.24) is 9.71 Å². The second kappa shape index (κ2) is 7.94. The number of hydrogen-bond donors (Lipinski definition) is 2. The SMILES string of the molecule is Cc1ccc(NC(=O)c2cccc(S(=O)(=O)NCC3CCCO3)c2)nc1. The summed E-state index contributed by atoms with van der Waals surface area (Å²) in [7, 11) is -3.71. The lowest BCUT2D eigenvalue weighted by Gasteiger charge is -2.12. The van der Waals surface area contributed by atoms with Crippen LogP contribution in [0.3, 0.4) is 0 Å². The van der Waals surface area contributed by atoms with Crippen LogP contribution in [0.15, 0.2) is 47.5 Å². The van der Waals surface area contributed by atoms with Crippen LogP contribution in [0, 0.1) is 6.92 Å². The number of benzene rings is 1. The molecule has 138 valence electrons. The number of sulfonamides is 1. The average molecular weight is 375 g/mol. The molecular weight excluding hydrogens is 354 g/mol. The molecule has 8 heteroatoms. The predicted molar refractivity (Wildman–Crippen MR) is 97.5 cm³/mol. The Labute approximate surface area is 152 Å². The zero-order valence-electron chi connectivity index (χ0n) is 14.4. The van der Waals surface area contributed by atoms with Gasteiger partial charge < -0.3 is 10.1 Å². The van der Waals surface area contributed by atoms with Crippen molar-refractivity contribution in [2.45, 2.75) is 30.8 Å². The van der Waals surface area contributed by atoms with Gasteiger partial charge in [-0.05, 0) is 49.6 Å². The molecule has 1 fully saturated rings. The summed E-state index contributed by atoms with van der Waals surface area (Å²) in [5, 5.41) is 2.66. The first kappa shape index (κ1) is 18.5. The average Bonchev–Trinajstić information content (AvgIpc) is 3.16. The molecule has 1 aromatic carbocycles. The van der Waals surface area contributed by atoms with Crippen LogP contribution < -0.4 is 10.0 Å². The molecule has 1 aromatic heterocycles. The lowest BCUT2D eigenvalue weighted by molar-refractivity contribution is 0.102. The summed E-state index contributed by atoms with van der Waals surface area (Å²) in [6.07, 6.45) is 3.33. The Morgan fingerprint density at radius 2 is 2.15 bits per heavy atom. The van der Waals surface area contributed by atoms with Gasteiger partial charge in [-0.1, -0.05) is 12.1 Å². The second-order valence-electron chi connectivity index (χ2n) is 6.19. The van der Waals surface area contributed by atoms with E-state index in [2.05, 4.69) is 15.0 Å². The van der Waals surface area contributed by atoms with Crippen LogP contribution in [-0.2, 0) is 14.8 Å². The van der Waals surface area contributed by atoms with Crippen molar-refractivity contribution in [2.24, 2.45) is 0 Å². The van der Waals surface area contributed by atoms with Crippen LogP contribution in [0.2, 0.25) is 0 Å². The van der Waals surface area contributed by atoms with Crippen molar-refractivity contribution in [2.75, 3.05) is 18.5 Å². The molecule has 1 unspecified atom stereocenters. The number of aromatic nitrogens is 1. The van der Waals surface area contributed by atoms with Gasteiger partial charge in [0.05, 0.1) is 11.0 Å². The molecule has 2 N–H and O–H groups in total. The van der Waals surface area contributed by atoms with Crippen LogP contribution in [0.4, 0.5) is 5.82 Å². The number of aryl methyl sites for hydroxylation is 1. The number of amides is 1. The molecule has 1 atom stereocenters. The highest BCUT2D eigenvalue weighted by Crippen LogP contribution is 2.15. The first-order valence-corrected chi connectivity index (χ1v) is 9.88. The molecule has 0 saturated carbocycles. The van der Waals surface area contributed by atoms with Gasteiger partial charge in [0.1, 0.15) is 5.82 Å². The molecule has 0 spiro atoms. The minimum absolute atomic E-state index is 0.0417. The fourth-order valence-electron chi connectivity index (χ4n) is 2.63. The van der Waals surface area contributed by atoms with Crippen LogP contribution in [-0.4, -0.2) is 38.6 Å². The smallest absolute Gasteiger partial charge is 0.256 e. The molecule has 2 aromatic rings. The zero-order chi connectivity index (χ0) is 18.6. The third-order valence-electron chi connectivity index (χ3n) is 4.08. The fourth-order valence-corrected chi connectivity index (χ4v) is 3.74. The molecular formula is C18H21N3O4S. The predicted octanol–water partition coefficient (Wildman–Crippen LogP) is 2.10. The van der Waals surface area contributed by atoms with Crippen molar-refractivity contribution in [3.63, 3.8) is 0 Å². The van der Waals surface area contributed by atoms with E-state index in [4.69, 9.17) is 4.74 Å². The van der Waals surface area contributed by atoms with Crippen LogP contribution in [0.1, 0.15) is 28.8 Å². The number of nitrogens with zero attached hydrogens (tertiary/aromatic N) is 1. The van der Waals surface area contributed by atoms with Gasteiger partial charge in [0.25, 0.3) is 5.91 Å².